The van der Waals surface area contributed by atoms with Crippen LogP contribution in [-0.4, -0.2) is 77.2 Å². The number of carbonyl (C=O) groups is 2. The molecule has 2 fully saturated rings. The molecule has 0 spiro atoms. The Bertz CT molecular complexity index is 1320. The molecule has 1 aromatic carbocycles. The average Bonchev–Trinajstić information content (AvgIpc) is 3.54. The lowest BCUT2D eigenvalue weighted by Gasteiger charge is -2.61. The molecule has 1 aromatic heterocycles. The Morgan fingerprint density at radius 1 is 0.800 bits per heavy atom. The van der Waals surface area contributed by atoms with Gasteiger partial charge in [-0.25, -0.2) is 19.5 Å². The standard InChI is InChI=1S/C40H65N5O5/c1-37(2,3)39(38(4,5)6,25-17-9-7-8-10-18-26-45(35(46)47)36(48)49)43-27-23-31(24-28-43)29-44-30-41-34(42-44)40(50,32-19-13-11-14-20-32)33-21-15-12-16-22-33/h11,13-14,19-20,30-31,33,50H,7-10,12,15-18,21-29H2,1-6H3,(H,46,47)(H,48,49). The number of carboxylic acid groups (broad SMARTS) is 2. The molecule has 4 rings (SSSR count). The Balaban J connectivity index is 1.35. The molecule has 1 aliphatic heterocycles. The molecule has 280 valence electrons. The zero-order valence-corrected chi connectivity index (χ0v) is 31.7. The first-order valence-electron chi connectivity index (χ1n) is 19.3. The molecular weight excluding hydrogens is 630 g/mol. The molecule has 10 nitrogen and oxygen atoms in total. The number of benzene rings is 1. The maximum atomic E-state index is 12.3. The summed E-state index contributed by atoms with van der Waals surface area (Å²) < 4.78 is 1.98. The summed E-state index contributed by atoms with van der Waals surface area (Å²) >= 11 is 0. The molecule has 50 heavy (non-hydrogen) atoms. The monoisotopic (exact) mass is 695 g/mol. The molecule has 1 saturated carbocycles. The fraction of sp³-hybridized carbons (Fsp3) is 0.750. The van der Waals surface area contributed by atoms with Crippen LogP contribution >= 0.6 is 0 Å². The largest absolute Gasteiger partial charge is 0.465 e. The number of nitrogens with zero attached hydrogens (tertiary/aromatic N) is 5. The fourth-order valence-corrected chi connectivity index (χ4v) is 9.69. The Morgan fingerprint density at radius 2 is 1.36 bits per heavy atom. The Labute approximate surface area is 300 Å². The highest BCUT2D eigenvalue weighted by Crippen LogP contribution is 2.52. The van der Waals surface area contributed by atoms with E-state index >= 15 is 0 Å². The smallest absolute Gasteiger partial charge is 0.416 e. The highest BCUT2D eigenvalue weighted by atomic mass is 16.4. The van der Waals surface area contributed by atoms with Crippen LogP contribution in [0.25, 0.3) is 0 Å². The van der Waals surface area contributed by atoms with E-state index in [2.05, 4.69) is 46.4 Å². The van der Waals surface area contributed by atoms with E-state index in [1.165, 1.54) is 6.42 Å². The van der Waals surface area contributed by atoms with E-state index in [4.69, 9.17) is 20.3 Å². The summed E-state index contributed by atoms with van der Waals surface area (Å²) in [5.41, 5.74) is -0.131. The minimum atomic E-state index is -1.41. The van der Waals surface area contributed by atoms with Crippen LogP contribution in [0.5, 0.6) is 0 Å². The third-order valence-electron chi connectivity index (χ3n) is 12.0. The lowest BCUT2D eigenvalue weighted by atomic mass is 9.56. The number of rotatable bonds is 15. The van der Waals surface area contributed by atoms with Crippen molar-refractivity contribution in [1.29, 1.82) is 0 Å². The predicted molar refractivity (Wildman–Crippen MR) is 197 cm³/mol. The first-order chi connectivity index (χ1) is 23.6. The molecule has 10 heteroatoms. The van der Waals surface area contributed by atoms with Gasteiger partial charge >= 0.3 is 12.2 Å². The zero-order valence-electron chi connectivity index (χ0n) is 31.7. The molecule has 1 aliphatic carbocycles. The van der Waals surface area contributed by atoms with Crippen LogP contribution < -0.4 is 0 Å². The van der Waals surface area contributed by atoms with E-state index in [1.54, 1.807) is 0 Å². The minimum absolute atomic E-state index is 0.0149. The fourth-order valence-electron chi connectivity index (χ4n) is 9.69. The maximum absolute atomic E-state index is 12.3. The molecule has 1 saturated heterocycles. The van der Waals surface area contributed by atoms with Crippen LogP contribution in [0, 0.1) is 22.7 Å². The van der Waals surface area contributed by atoms with Crippen LogP contribution in [0.2, 0.25) is 0 Å². The summed E-state index contributed by atoms with van der Waals surface area (Å²) in [6, 6.07) is 10.0. The average molecular weight is 696 g/mol. The molecule has 0 radical (unpaired) electrons. The molecule has 0 bridgehead atoms. The number of aliphatic hydroxyl groups is 1. The van der Waals surface area contributed by atoms with Crippen molar-refractivity contribution in [3.05, 3.63) is 48.0 Å². The van der Waals surface area contributed by atoms with Gasteiger partial charge in [0.2, 0.25) is 0 Å². The summed E-state index contributed by atoms with van der Waals surface area (Å²) in [6.45, 7) is 17.3. The zero-order chi connectivity index (χ0) is 36.6. The van der Waals surface area contributed by atoms with Gasteiger partial charge in [-0.2, -0.15) is 5.10 Å². The second kappa shape index (κ2) is 17.0. The SMILES string of the molecule is CC(C)(C)C(CCCCCCCCN(C(=O)O)C(=O)O)(N1CCC(Cn2cnc(C(O)(c3ccccc3)C3CCCCC3)n2)CC1)C(C)(C)C. The van der Waals surface area contributed by atoms with E-state index in [-0.39, 0.29) is 28.8 Å². The van der Waals surface area contributed by atoms with Crippen molar-refractivity contribution in [2.24, 2.45) is 22.7 Å². The van der Waals surface area contributed by atoms with Crippen molar-refractivity contribution >= 4 is 12.2 Å². The Kier molecular flexibility index (Phi) is 13.6. The van der Waals surface area contributed by atoms with Gasteiger partial charge in [0.1, 0.15) is 6.33 Å². The third-order valence-corrected chi connectivity index (χ3v) is 12.0. The van der Waals surface area contributed by atoms with Gasteiger partial charge in [0.05, 0.1) is 0 Å². The molecule has 1 unspecified atom stereocenters. The molecular formula is C40H65N5O5. The first-order valence-corrected chi connectivity index (χ1v) is 19.3. The number of hydrogen-bond donors (Lipinski definition) is 3. The van der Waals surface area contributed by atoms with Crippen molar-refractivity contribution in [3.63, 3.8) is 0 Å². The number of unbranched alkanes of at least 4 members (excludes halogenated alkanes) is 5. The highest BCUT2D eigenvalue weighted by Gasteiger charge is 2.54. The van der Waals surface area contributed by atoms with Gasteiger partial charge in [-0.3, -0.25) is 9.58 Å². The summed E-state index contributed by atoms with van der Waals surface area (Å²) in [5, 5.41) is 35.3. The van der Waals surface area contributed by atoms with E-state index in [0.29, 0.717) is 23.1 Å². The third kappa shape index (κ3) is 9.08. The van der Waals surface area contributed by atoms with Crippen LogP contribution in [0.4, 0.5) is 9.59 Å². The van der Waals surface area contributed by atoms with Crippen molar-refractivity contribution in [2.75, 3.05) is 19.6 Å². The highest BCUT2D eigenvalue weighted by molar-refractivity contribution is 5.85. The molecule has 2 aliphatic rings. The van der Waals surface area contributed by atoms with Crippen molar-refractivity contribution < 1.29 is 24.9 Å². The van der Waals surface area contributed by atoms with Gasteiger partial charge in [0.15, 0.2) is 11.4 Å². The number of piperidine rings is 1. The van der Waals surface area contributed by atoms with Crippen molar-refractivity contribution in [3.8, 4) is 0 Å². The van der Waals surface area contributed by atoms with Gasteiger partial charge < -0.3 is 15.3 Å². The maximum Gasteiger partial charge on any atom is 0.416 e. The quantitative estimate of drug-likeness (QED) is 0.157. The predicted octanol–water partition coefficient (Wildman–Crippen LogP) is 9.03. The molecule has 2 heterocycles. The molecule has 3 N–H and O–H groups in total. The lowest BCUT2D eigenvalue weighted by molar-refractivity contribution is -0.109. The summed E-state index contributed by atoms with van der Waals surface area (Å²) in [4.78, 5) is 30.2. The normalized spacial score (nSPS) is 18.5. The van der Waals surface area contributed by atoms with Gasteiger partial charge in [0.25, 0.3) is 0 Å². The van der Waals surface area contributed by atoms with Crippen molar-refractivity contribution in [2.45, 2.75) is 149 Å². The Morgan fingerprint density at radius 3 is 1.92 bits per heavy atom. The molecule has 1 atom stereocenters. The number of imide groups is 1. The topological polar surface area (TPSA) is 132 Å². The van der Waals surface area contributed by atoms with Gasteiger partial charge in [0, 0.05) is 18.6 Å². The summed E-state index contributed by atoms with van der Waals surface area (Å²) in [6.07, 6.45) is 13.5. The van der Waals surface area contributed by atoms with Crippen LogP contribution in [0.15, 0.2) is 36.7 Å². The van der Waals surface area contributed by atoms with Crippen LogP contribution in [0.1, 0.15) is 143 Å². The van der Waals surface area contributed by atoms with Gasteiger partial charge in [-0.05, 0) is 79.8 Å². The lowest BCUT2D eigenvalue weighted by Crippen LogP contribution is -2.66. The number of likely N-dealkylation sites (tertiary alicyclic amines) is 1. The molecule has 2 amide bonds. The van der Waals surface area contributed by atoms with E-state index in [0.717, 1.165) is 102 Å². The second-order valence-electron chi connectivity index (χ2n) is 17.1. The van der Waals surface area contributed by atoms with Gasteiger partial charge in [-0.15, -0.1) is 0 Å². The summed E-state index contributed by atoms with van der Waals surface area (Å²) in [7, 11) is 0. The van der Waals surface area contributed by atoms with Crippen LogP contribution in [-0.2, 0) is 12.1 Å². The second-order valence-corrected chi connectivity index (χ2v) is 17.1. The van der Waals surface area contributed by atoms with E-state index in [1.807, 2.05) is 41.3 Å². The number of amides is 2. The van der Waals surface area contributed by atoms with Crippen LogP contribution in [0.3, 0.4) is 0 Å². The number of aromatic nitrogens is 3. The van der Waals surface area contributed by atoms with E-state index in [9.17, 15) is 14.7 Å². The Hall–Kier alpha value is -2.98. The summed E-state index contributed by atoms with van der Waals surface area (Å²) in [5.74, 6) is 1.15. The first kappa shape index (κ1) is 39.8. The minimum Gasteiger partial charge on any atom is -0.465 e. The van der Waals surface area contributed by atoms with Gasteiger partial charge in [-0.1, -0.05) is 123 Å². The van der Waals surface area contributed by atoms with Crippen molar-refractivity contribution in [1.82, 2.24) is 24.6 Å². The van der Waals surface area contributed by atoms with E-state index < -0.39 is 17.8 Å². The number of hydrogen-bond acceptors (Lipinski definition) is 6. The molecule has 2 aromatic rings.